The topological polar surface area (TPSA) is 79.5 Å². The van der Waals surface area contributed by atoms with E-state index < -0.39 is 17.9 Å². The average molecular weight is 452 g/mol. The van der Waals surface area contributed by atoms with Gasteiger partial charge >= 0.3 is 0 Å². The molecule has 1 unspecified atom stereocenters. The largest absolute Gasteiger partial charge is 0.479 e. The summed E-state index contributed by atoms with van der Waals surface area (Å²) < 4.78 is 5.49. The molecule has 0 aromatic heterocycles. The Kier molecular flexibility index (Phi) is 8.45. The van der Waals surface area contributed by atoms with Crippen molar-refractivity contribution >= 4 is 58.4 Å². The summed E-state index contributed by atoms with van der Waals surface area (Å²) in [5, 5.41) is 3.11. The van der Waals surface area contributed by atoms with E-state index >= 15 is 0 Å². The maximum absolute atomic E-state index is 12.1. The number of nitrogens with one attached hydrogen (secondary N) is 3. The van der Waals surface area contributed by atoms with Gasteiger partial charge in [-0.1, -0.05) is 53.0 Å². The average Bonchev–Trinajstić information content (AvgIpc) is 2.67. The summed E-state index contributed by atoms with van der Waals surface area (Å²) in [5.74, 6) is -0.631. The van der Waals surface area contributed by atoms with Gasteiger partial charge in [-0.25, -0.2) is 0 Å². The molecule has 0 saturated carbocycles. The summed E-state index contributed by atoms with van der Waals surface area (Å²) in [7, 11) is 0. The van der Waals surface area contributed by atoms with Crippen molar-refractivity contribution in [1.82, 2.24) is 16.2 Å². The van der Waals surface area contributed by atoms with Gasteiger partial charge in [-0.05, 0) is 55.9 Å². The zero-order chi connectivity index (χ0) is 21.4. The van der Waals surface area contributed by atoms with Crippen LogP contribution in [0.4, 0.5) is 0 Å². The van der Waals surface area contributed by atoms with E-state index in [9.17, 15) is 9.59 Å². The first-order valence-electron chi connectivity index (χ1n) is 8.52. The maximum atomic E-state index is 12.1. The lowest BCUT2D eigenvalue weighted by atomic mass is 10.1. The van der Waals surface area contributed by atoms with Crippen molar-refractivity contribution in [2.45, 2.75) is 20.0 Å². The van der Waals surface area contributed by atoms with E-state index in [0.717, 1.165) is 11.1 Å². The van der Waals surface area contributed by atoms with Crippen LogP contribution in [0.1, 0.15) is 18.1 Å². The number of thiocarbonyl (C=S) groups is 1. The highest BCUT2D eigenvalue weighted by molar-refractivity contribution is 7.80. The van der Waals surface area contributed by atoms with Crippen LogP contribution in [0.3, 0.4) is 0 Å². The van der Waals surface area contributed by atoms with Crippen molar-refractivity contribution in [3.05, 3.63) is 69.7 Å². The fourth-order valence-electron chi connectivity index (χ4n) is 2.07. The molecule has 2 rings (SSSR count). The van der Waals surface area contributed by atoms with Gasteiger partial charge in [0.1, 0.15) is 5.75 Å². The molecule has 2 aromatic rings. The van der Waals surface area contributed by atoms with Gasteiger partial charge in [0, 0.05) is 11.1 Å². The predicted molar refractivity (Wildman–Crippen MR) is 119 cm³/mol. The van der Waals surface area contributed by atoms with Crippen molar-refractivity contribution in [3.8, 4) is 5.75 Å². The van der Waals surface area contributed by atoms with E-state index in [1.54, 1.807) is 18.2 Å². The number of hydrogen-bond donors (Lipinski definition) is 3. The number of amides is 2. The molecule has 2 aromatic carbocycles. The smallest absolute Gasteiger partial charge is 0.279 e. The Morgan fingerprint density at radius 3 is 2.45 bits per heavy atom. The minimum absolute atomic E-state index is 0.0615. The molecule has 0 bridgehead atoms. The second-order valence-electron chi connectivity index (χ2n) is 6.01. The Labute approximate surface area is 184 Å². The minimum atomic E-state index is -0.874. The molecule has 29 heavy (non-hydrogen) atoms. The molecule has 1 atom stereocenters. The standard InChI is InChI=1S/C20H19Cl2N3O3S/c1-12-3-5-14(6-4-12)7-10-18(26)23-20(29)25-24-19(27)13(2)28-17-9-8-15(21)11-16(17)22/h3-11,13H,1-2H3,(H,24,27)(H2,23,25,26,29)/b10-7+. The molecule has 6 nitrogen and oxygen atoms in total. The van der Waals surface area contributed by atoms with Gasteiger partial charge in [0.15, 0.2) is 11.2 Å². The number of ether oxygens (including phenoxy) is 1. The fourth-order valence-corrected chi connectivity index (χ4v) is 2.67. The summed E-state index contributed by atoms with van der Waals surface area (Å²) in [6.45, 7) is 3.52. The Balaban J connectivity index is 1.77. The van der Waals surface area contributed by atoms with Gasteiger partial charge in [-0.15, -0.1) is 0 Å². The Morgan fingerprint density at radius 1 is 1.10 bits per heavy atom. The summed E-state index contributed by atoms with van der Waals surface area (Å²) in [5.41, 5.74) is 6.81. The number of aryl methyl sites for hydroxylation is 1. The summed E-state index contributed by atoms with van der Waals surface area (Å²) in [4.78, 5) is 24.0. The van der Waals surface area contributed by atoms with Crippen molar-refractivity contribution in [1.29, 1.82) is 0 Å². The number of hydrazine groups is 1. The van der Waals surface area contributed by atoms with Gasteiger partial charge in [-0.3, -0.25) is 25.8 Å². The molecule has 0 aliphatic heterocycles. The van der Waals surface area contributed by atoms with Gasteiger partial charge in [-0.2, -0.15) is 0 Å². The third kappa shape index (κ3) is 7.73. The number of halogens is 2. The molecular weight excluding hydrogens is 433 g/mol. The first kappa shape index (κ1) is 22.7. The monoisotopic (exact) mass is 451 g/mol. The zero-order valence-electron chi connectivity index (χ0n) is 15.7. The van der Waals surface area contributed by atoms with E-state index in [2.05, 4.69) is 16.2 Å². The number of benzene rings is 2. The van der Waals surface area contributed by atoms with Gasteiger partial charge in [0.25, 0.3) is 5.91 Å². The second kappa shape index (κ2) is 10.8. The fraction of sp³-hybridized carbons (Fsp3) is 0.150. The molecule has 0 spiro atoms. The van der Waals surface area contributed by atoms with Crippen molar-refractivity contribution in [2.24, 2.45) is 0 Å². The lowest BCUT2D eigenvalue weighted by Crippen LogP contribution is -2.51. The van der Waals surface area contributed by atoms with E-state index in [1.165, 1.54) is 19.1 Å². The van der Waals surface area contributed by atoms with Crippen LogP contribution < -0.4 is 20.9 Å². The highest BCUT2D eigenvalue weighted by Crippen LogP contribution is 2.28. The maximum Gasteiger partial charge on any atom is 0.279 e. The number of hydrogen-bond acceptors (Lipinski definition) is 4. The summed E-state index contributed by atoms with van der Waals surface area (Å²) in [6, 6.07) is 12.3. The summed E-state index contributed by atoms with van der Waals surface area (Å²) >= 11 is 16.8. The highest BCUT2D eigenvalue weighted by atomic mass is 35.5. The van der Waals surface area contributed by atoms with Crippen LogP contribution in [-0.2, 0) is 9.59 Å². The third-order valence-electron chi connectivity index (χ3n) is 3.61. The highest BCUT2D eigenvalue weighted by Gasteiger charge is 2.16. The van der Waals surface area contributed by atoms with Gasteiger partial charge < -0.3 is 4.74 Å². The quantitative estimate of drug-likeness (QED) is 0.366. The molecule has 2 amide bonds. The number of rotatable bonds is 5. The molecule has 0 aliphatic carbocycles. The van der Waals surface area contributed by atoms with Crippen molar-refractivity contribution < 1.29 is 14.3 Å². The van der Waals surface area contributed by atoms with Crippen LogP contribution in [-0.4, -0.2) is 23.0 Å². The van der Waals surface area contributed by atoms with Crippen LogP contribution in [0.15, 0.2) is 48.5 Å². The molecule has 0 fully saturated rings. The lowest BCUT2D eigenvalue weighted by Gasteiger charge is -2.16. The van der Waals surface area contributed by atoms with E-state index in [1.807, 2.05) is 31.2 Å². The number of carbonyl (C=O) groups excluding carboxylic acids is 2. The molecule has 0 heterocycles. The zero-order valence-corrected chi connectivity index (χ0v) is 18.0. The molecule has 0 aliphatic rings. The first-order valence-corrected chi connectivity index (χ1v) is 9.68. The minimum Gasteiger partial charge on any atom is -0.479 e. The normalized spacial score (nSPS) is 11.6. The summed E-state index contributed by atoms with van der Waals surface area (Å²) in [6.07, 6.45) is 2.12. The van der Waals surface area contributed by atoms with Crippen molar-refractivity contribution in [3.63, 3.8) is 0 Å². The van der Waals surface area contributed by atoms with Crippen molar-refractivity contribution in [2.75, 3.05) is 0 Å². The third-order valence-corrected chi connectivity index (χ3v) is 4.34. The Morgan fingerprint density at radius 2 is 1.79 bits per heavy atom. The van der Waals surface area contributed by atoms with E-state index in [0.29, 0.717) is 10.8 Å². The van der Waals surface area contributed by atoms with Gasteiger partial charge in [0.2, 0.25) is 5.91 Å². The van der Waals surface area contributed by atoms with Crippen LogP contribution >= 0.6 is 35.4 Å². The van der Waals surface area contributed by atoms with E-state index in [-0.39, 0.29) is 10.1 Å². The Bertz CT molecular complexity index is 933. The lowest BCUT2D eigenvalue weighted by molar-refractivity contribution is -0.128. The van der Waals surface area contributed by atoms with Crippen LogP contribution in [0.25, 0.3) is 6.08 Å². The first-order chi connectivity index (χ1) is 13.7. The second-order valence-corrected chi connectivity index (χ2v) is 7.26. The van der Waals surface area contributed by atoms with Crippen LogP contribution in [0.5, 0.6) is 5.75 Å². The van der Waals surface area contributed by atoms with Crippen LogP contribution in [0.2, 0.25) is 10.0 Å². The predicted octanol–water partition coefficient (Wildman–Crippen LogP) is 3.80. The van der Waals surface area contributed by atoms with E-state index in [4.69, 9.17) is 40.2 Å². The Hall–Kier alpha value is -2.61. The SMILES string of the molecule is Cc1ccc(/C=C/C(=O)NC(=S)NNC(=O)C(C)Oc2ccc(Cl)cc2Cl)cc1. The molecule has 152 valence electrons. The molecule has 3 N–H and O–H groups in total. The number of carbonyl (C=O) groups is 2. The molecule has 9 heteroatoms. The molecular formula is C20H19Cl2N3O3S. The van der Waals surface area contributed by atoms with Gasteiger partial charge in [0.05, 0.1) is 5.02 Å². The molecule has 0 saturated heterocycles. The van der Waals surface area contributed by atoms with Crippen LogP contribution in [0, 0.1) is 6.92 Å². The molecule has 0 radical (unpaired) electrons.